The lowest BCUT2D eigenvalue weighted by Gasteiger charge is -2.11. The number of benzene rings is 1. The number of hydrogen-bond acceptors (Lipinski definition) is 4. The molecule has 0 aliphatic rings. The van der Waals surface area contributed by atoms with Crippen LogP contribution in [0.15, 0.2) is 18.2 Å². The van der Waals surface area contributed by atoms with E-state index in [4.69, 9.17) is 21.6 Å². The normalized spacial score (nSPS) is 10.4. The van der Waals surface area contributed by atoms with Crippen molar-refractivity contribution >= 4 is 17.3 Å². The summed E-state index contributed by atoms with van der Waals surface area (Å²) in [6.07, 6.45) is 0. The van der Waals surface area contributed by atoms with Gasteiger partial charge < -0.3 is 15.0 Å². The lowest BCUT2D eigenvalue weighted by Crippen LogP contribution is -2.20. The summed E-state index contributed by atoms with van der Waals surface area (Å²) in [4.78, 5) is 2.07. The quantitative estimate of drug-likeness (QED) is 0.770. The van der Waals surface area contributed by atoms with Crippen molar-refractivity contribution in [2.45, 2.75) is 0 Å². The highest BCUT2D eigenvalue weighted by atomic mass is 35.5. The number of likely N-dealkylation sites (N-methyl/N-ethyl adjacent to an activating group) is 1. The Morgan fingerprint density at radius 1 is 1.39 bits per heavy atom. The number of anilines is 1. The van der Waals surface area contributed by atoms with Crippen molar-refractivity contribution in [3.8, 4) is 6.07 Å². The molecule has 98 valence electrons. The molecule has 0 saturated heterocycles. The zero-order valence-electron chi connectivity index (χ0n) is 10.7. The van der Waals surface area contributed by atoms with E-state index in [9.17, 15) is 0 Å². The van der Waals surface area contributed by atoms with Crippen molar-refractivity contribution in [1.29, 1.82) is 5.26 Å². The number of halogens is 1. The van der Waals surface area contributed by atoms with Gasteiger partial charge in [-0.15, -0.1) is 0 Å². The molecular weight excluding hydrogens is 250 g/mol. The van der Waals surface area contributed by atoms with Crippen molar-refractivity contribution in [3.63, 3.8) is 0 Å². The Kier molecular flexibility index (Phi) is 6.51. The van der Waals surface area contributed by atoms with Crippen LogP contribution in [-0.4, -0.2) is 45.3 Å². The van der Waals surface area contributed by atoms with Gasteiger partial charge in [-0.1, -0.05) is 11.6 Å². The molecule has 0 amide bonds. The number of hydrogen-bond donors (Lipinski definition) is 1. The molecule has 1 rings (SSSR count). The molecule has 0 saturated carbocycles. The van der Waals surface area contributed by atoms with Crippen LogP contribution in [0.25, 0.3) is 0 Å². The molecule has 0 aromatic heterocycles. The van der Waals surface area contributed by atoms with Crippen molar-refractivity contribution in [1.82, 2.24) is 4.90 Å². The van der Waals surface area contributed by atoms with Crippen LogP contribution in [0, 0.1) is 11.3 Å². The summed E-state index contributed by atoms with van der Waals surface area (Å²) in [6.45, 7) is 2.86. The van der Waals surface area contributed by atoms with E-state index in [0.717, 1.165) is 12.2 Å². The second kappa shape index (κ2) is 7.93. The van der Waals surface area contributed by atoms with E-state index in [1.807, 2.05) is 14.1 Å². The third-order valence-corrected chi connectivity index (χ3v) is 2.58. The summed E-state index contributed by atoms with van der Waals surface area (Å²) in [7, 11) is 4.01. The molecule has 1 aromatic carbocycles. The maximum absolute atomic E-state index is 8.94. The van der Waals surface area contributed by atoms with Gasteiger partial charge in [-0.2, -0.15) is 5.26 Å². The SMILES string of the molecule is CN(C)CCOCCNc1cc(Cl)ccc1C#N. The summed E-state index contributed by atoms with van der Waals surface area (Å²) in [5, 5.41) is 12.7. The minimum Gasteiger partial charge on any atom is -0.382 e. The fraction of sp³-hybridized carbons (Fsp3) is 0.462. The number of rotatable bonds is 7. The van der Waals surface area contributed by atoms with Gasteiger partial charge in [-0.05, 0) is 32.3 Å². The molecule has 0 bridgehead atoms. The van der Waals surface area contributed by atoms with Gasteiger partial charge in [0.15, 0.2) is 0 Å². The van der Waals surface area contributed by atoms with Crippen LogP contribution in [0.5, 0.6) is 0 Å². The van der Waals surface area contributed by atoms with Gasteiger partial charge in [0.05, 0.1) is 24.5 Å². The van der Waals surface area contributed by atoms with Gasteiger partial charge in [0.25, 0.3) is 0 Å². The third-order valence-electron chi connectivity index (χ3n) is 2.35. The first kappa shape index (κ1) is 14.8. The zero-order chi connectivity index (χ0) is 13.4. The lowest BCUT2D eigenvalue weighted by atomic mass is 10.2. The molecule has 0 spiro atoms. The second-order valence-corrected chi connectivity index (χ2v) is 4.58. The minimum atomic E-state index is 0.590. The Labute approximate surface area is 113 Å². The molecule has 0 radical (unpaired) electrons. The molecule has 0 fully saturated rings. The Morgan fingerprint density at radius 3 is 2.83 bits per heavy atom. The highest BCUT2D eigenvalue weighted by molar-refractivity contribution is 6.30. The van der Waals surface area contributed by atoms with E-state index in [0.29, 0.717) is 30.3 Å². The van der Waals surface area contributed by atoms with Crippen LogP contribution >= 0.6 is 11.6 Å². The van der Waals surface area contributed by atoms with Gasteiger partial charge in [0, 0.05) is 18.1 Å². The van der Waals surface area contributed by atoms with Crippen LogP contribution in [0.1, 0.15) is 5.56 Å². The molecule has 0 unspecified atom stereocenters. The molecule has 1 N–H and O–H groups in total. The highest BCUT2D eigenvalue weighted by Crippen LogP contribution is 2.19. The minimum absolute atomic E-state index is 0.590. The number of nitrogens with one attached hydrogen (secondary N) is 1. The maximum atomic E-state index is 8.94. The van der Waals surface area contributed by atoms with E-state index in [1.54, 1.807) is 18.2 Å². The molecule has 5 heteroatoms. The first-order valence-corrected chi connectivity index (χ1v) is 6.17. The first-order chi connectivity index (χ1) is 8.63. The molecule has 0 atom stereocenters. The largest absolute Gasteiger partial charge is 0.382 e. The van der Waals surface area contributed by atoms with Crippen LogP contribution in [-0.2, 0) is 4.74 Å². The second-order valence-electron chi connectivity index (χ2n) is 4.14. The van der Waals surface area contributed by atoms with Crippen LogP contribution in [0.4, 0.5) is 5.69 Å². The average molecular weight is 268 g/mol. The van der Waals surface area contributed by atoms with E-state index in [2.05, 4.69) is 16.3 Å². The molecular formula is C13H18ClN3O. The van der Waals surface area contributed by atoms with Crippen molar-refractivity contribution in [3.05, 3.63) is 28.8 Å². The molecule has 4 nitrogen and oxygen atoms in total. The maximum Gasteiger partial charge on any atom is 0.101 e. The van der Waals surface area contributed by atoms with Crippen molar-refractivity contribution in [2.75, 3.05) is 45.7 Å². The monoisotopic (exact) mass is 267 g/mol. The first-order valence-electron chi connectivity index (χ1n) is 5.79. The predicted molar refractivity (Wildman–Crippen MR) is 74.0 cm³/mol. The fourth-order valence-corrected chi connectivity index (χ4v) is 1.54. The van der Waals surface area contributed by atoms with Gasteiger partial charge in [-0.3, -0.25) is 0 Å². The number of nitriles is 1. The molecule has 18 heavy (non-hydrogen) atoms. The Hall–Kier alpha value is -1.28. The Morgan fingerprint density at radius 2 is 2.17 bits per heavy atom. The van der Waals surface area contributed by atoms with Crippen molar-refractivity contribution < 1.29 is 4.74 Å². The Bertz CT molecular complexity index is 415. The molecule has 0 aliphatic carbocycles. The van der Waals surface area contributed by atoms with Gasteiger partial charge in [0.2, 0.25) is 0 Å². The summed E-state index contributed by atoms with van der Waals surface area (Å²) in [6, 6.07) is 7.28. The van der Waals surface area contributed by atoms with Crippen LogP contribution in [0.2, 0.25) is 5.02 Å². The lowest BCUT2D eigenvalue weighted by molar-refractivity contribution is 0.126. The summed E-state index contributed by atoms with van der Waals surface area (Å²) in [5.41, 5.74) is 1.34. The average Bonchev–Trinajstić information content (AvgIpc) is 2.33. The highest BCUT2D eigenvalue weighted by Gasteiger charge is 2.01. The van der Waals surface area contributed by atoms with Crippen molar-refractivity contribution in [2.24, 2.45) is 0 Å². The van der Waals surface area contributed by atoms with E-state index in [-0.39, 0.29) is 0 Å². The summed E-state index contributed by atoms with van der Waals surface area (Å²) < 4.78 is 5.45. The number of ether oxygens (including phenoxy) is 1. The smallest absolute Gasteiger partial charge is 0.101 e. The fourth-order valence-electron chi connectivity index (χ4n) is 1.37. The van der Waals surface area contributed by atoms with Crippen LogP contribution < -0.4 is 5.32 Å². The van der Waals surface area contributed by atoms with Gasteiger partial charge >= 0.3 is 0 Å². The van der Waals surface area contributed by atoms with E-state index < -0.39 is 0 Å². The topological polar surface area (TPSA) is 48.3 Å². The van der Waals surface area contributed by atoms with Crippen LogP contribution in [0.3, 0.4) is 0 Å². The van der Waals surface area contributed by atoms with E-state index >= 15 is 0 Å². The summed E-state index contributed by atoms with van der Waals surface area (Å²) in [5.74, 6) is 0. The number of nitrogens with zero attached hydrogens (tertiary/aromatic N) is 2. The summed E-state index contributed by atoms with van der Waals surface area (Å²) >= 11 is 5.88. The van der Waals surface area contributed by atoms with E-state index in [1.165, 1.54) is 0 Å². The molecule has 1 aromatic rings. The zero-order valence-corrected chi connectivity index (χ0v) is 11.5. The molecule has 0 aliphatic heterocycles. The predicted octanol–water partition coefficient (Wildman–Crippen LogP) is 2.20. The standard InChI is InChI=1S/C13H18ClN3O/c1-17(2)6-8-18-7-5-16-13-9-12(14)4-3-11(13)10-15/h3-4,9,16H,5-8H2,1-2H3. The van der Waals surface area contributed by atoms with Gasteiger partial charge in [0.1, 0.15) is 6.07 Å². The Balaban J connectivity index is 2.31. The third kappa shape index (κ3) is 5.37. The molecule has 0 heterocycles. The van der Waals surface area contributed by atoms with Gasteiger partial charge in [-0.25, -0.2) is 0 Å².